The second-order valence-corrected chi connectivity index (χ2v) is 9.38. The Kier molecular flexibility index (Phi) is 15.3. The van der Waals surface area contributed by atoms with Crippen LogP contribution in [0.4, 0.5) is 5.69 Å². The number of unbranched alkanes of at least 4 members (excludes halogenated alkanes) is 11. The fourth-order valence-corrected chi connectivity index (χ4v) is 3.61. The molecule has 0 aliphatic carbocycles. The van der Waals surface area contributed by atoms with Crippen LogP contribution in [0.2, 0.25) is 0 Å². The summed E-state index contributed by atoms with van der Waals surface area (Å²) in [6, 6.07) is 5.70. The standard InChI is InChI=1S/C23H41N2O6P/c1-2-3-4-5-6-7-8-9-10-11-12-13-18-30-21-16-14-20(15-17-21)25-23(26)22(24)19-31-32(27,28)29/h14-17,22H,2-13,18-19,24H2,1H3,(H,25,26)(H2,27,28,29). The third-order valence-corrected chi connectivity index (χ3v) is 5.63. The molecule has 0 saturated heterocycles. The van der Waals surface area contributed by atoms with Crippen molar-refractivity contribution in [3.63, 3.8) is 0 Å². The second-order valence-electron chi connectivity index (χ2n) is 8.14. The van der Waals surface area contributed by atoms with E-state index < -0.39 is 26.4 Å². The number of carbonyl (C=O) groups excluding carboxylic acids is 1. The molecule has 0 bridgehead atoms. The van der Waals surface area contributed by atoms with E-state index in [1.165, 1.54) is 70.6 Å². The van der Waals surface area contributed by atoms with Crippen LogP contribution in [0.1, 0.15) is 84.0 Å². The number of hydrogen-bond donors (Lipinski definition) is 4. The Morgan fingerprint density at radius 2 is 1.44 bits per heavy atom. The van der Waals surface area contributed by atoms with Gasteiger partial charge in [-0.2, -0.15) is 0 Å². The van der Waals surface area contributed by atoms with Crippen molar-refractivity contribution in [1.29, 1.82) is 0 Å². The first kappa shape index (κ1) is 28.6. The molecule has 0 aliphatic heterocycles. The van der Waals surface area contributed by atoms with Crippen molar-refractivity contribution in [1.82, 2.24) is 0 Å². The van der Waals surface area contributed by atoms with Gasteiger partial charge in [0.25, 0.3) is 0 Å². The van der Waals surface area contributed by atoms with Crippen LogP contribution in [0.5, 0.6) is 5.75 Å². The lowest BCUT2D eigenvalue weighted by molar-refractivity contribution is -0.118. The van der Waals surface area contributed by atoms with Crippen LogP contribution in [0, 0.1) is 0 Å². The molecular weight excluding hydrogens is 431 g/mol. The largest absolute Gasteiger partial charge is 0.494 e. The molecule has 0 fully saturated rings. The van der Waals surface area contributed by atoms with Gasteiger partial charge in [0.2, 0.25) is 5.91 Å². The molecule has 8 nitrogen and oxygen atoms in total. The molecular formula is C23H41N2O6P. The van der Waals surface area contributed by atoms with Gasteiger partial charge >= 0.3 is 7.82 Å². The fraction of sp³-hybridized carbons (Fsp3) is 0.696. The number of nitrogens with two attached hydrogens (primary N) is 1. The molecule has 184 valence electrons. The molecule has 1 amide bonds. The van der Waals surface area contributed by atoms with E-state index in [0.29, 0.717) is 12.3 Å². The molecule has 1 atom stereocenters. The molecule has 0 radical (unpaired) electrons. The number of benzene rings is 1. The first-order valence-electron chi connectivity index (χ1n) is 11.8. The Morgan fingerprint density at radius 1 is 0.938 bits per heavy atom. The molecule has 0 aromatic heterocycles. The number of phosphoric acid groups is 1. The van der Waals surface area contributed by atoms with Crippen LogP contribution in [0.25, 0.3) is 0 Å². The van der Waals surface area contributed by atoms with Crippen LogP contribution in [-0.4, -0.2) is 34.9 Å². The molecule has 32 heavy (non-hydrogen) atoms. The molecule has 1 aromatic carbocycles. The second kappa shape index (κ2) is 17.1. The van der Waals surface area contributed by atoms with Crippen LogP contribution in [0.3, 0.4) is 0 Å². The molecule has 0 aliphatic rings. The summed E-state index contributed by atoms with van der Waals surface area (Å²) in [4.78, 5) is 29.2. The lowest BCUT2D eigenvalue weighted by Crippen LogP contribution is -2.39. The summed E-state index contributed by atoms with van der Waals surface area (Å²) >= 11 is 0. The summed E-state index contributed by atoms with van der Waals surface area (Å²) < 4.78 is 20.6. The molecule has 0 heterocycles. The quantitative estimate of drug-likeness (QED) is 0.162. The lowest BCUT2D eigenvalue weighted by Gasteiger charge is -2.13. The van der Waals surface area contributed by atoms with Gasteiger partial charge in [-0.1, -0.05) is 77.6 Å². The highest BCUT2D eigenvalue weighted by Crippen LogP contribution is 2.35. The molecule has 0 spiro atoms. The van der Waals surface area contributed by atoms with Gasteiger partial charge in [0.1, 0.15) is 11.8 Å². The van der Waals surface area contributed by atoms with Crippen molar-refractivity contribution in [2.24, 2.45) is 5.73 Å². The van der Waals surface area contributed by atoms with E-state index >= 15 is 0 Å². The zero-order chi connectivity index (χ0) is 23.7. The predicted octanol–water partition coefficient (Wildman–Crippen LogP) is 5.14. The molecule has 1 aromatic rings. The minimum absolute atomic E-state index is 0.513. The van der Waals surface area contributed by atoms with Gasteiger partial charge in [0, 0.05) is 5.69 Å². The van der Waals surface area contributed by atoms with Crippen LogP contribution < -0.4 is 15.8 Å². The third kappa shape index (κ3) is 15.4. The van der Waals surface area contributed by atoms with Gasteiger partial charge in [-0.25, -0.2) is 4.57 Å². The van der Waals surface area contributed by atoms with Crippen LogP contribution >= 0.6 is 7.82 Å². The van der Waals surface area contributed by atoms with Crippen molar-refractivity contribution >= 4 is 19.4 Å². The van der Waals surface area contributed by atoms with Crippen molar-refractivity contribution in [3.05, 3.63) is 24.3 Å². The van der Waals surface area contributed by atoms with E-state index in [0.717, 1.165) is 12.2 Å². The van der Waals surface area contributed by atoms with E-state index in [9.17, 15) is 9.36 Å². The van der Waals surface area contributed by atoms with Gasteiger partial charge in [-0.15, -0.1) is 0 Å². The topological polar surface area (TPSA) is 131 Å². The normalized spacial score (nSPS) is 12.5. The van der Waals surface area contributed by atoms with Gasteiger partial charge in [0.15, 0.2) is 0 Å². The molecule has 0 saturated carbocycles. The van der Waals surface area contributed by atoms with E-state index in [2.05, 4.69) is 16.8 Å². The maximum atomic E-state index is 11.9. The summed E-state index contributed by atoms with van der Waals surface area (Å²) in [5.74, 6) is 0.129. The van der Waals surface area contributed by atoms with E-state index in [1.807, 2.05) is 0 Å². The van der Waals surface area contributed by atoms with Gasteiger partial charge in [-0.05, 0) is 30.7 Å². The minimum atomic E-state index is -4.65. The average Bonchev–Trinajstić information content (AvgIpc) is 2.75. The number of anilines is 1. The van der Waals surface area contributed by atoms with E-state index in [-0.39, 0.29) is 0 Å². The Balaban J connectivity index is 2.07. The zero-order valence-corrected chi connectivity index (χ0v) is 20.2. The zero-order valence-electron chi connectivity index (χ0n) is 19.3. The first-order valence-corrected chi connectivity index (χ1v) is 13.3. The smallest absolute Gasteiger partial charge is 0.469 e. The third-order valence-electron chi connectivity index (χ3n) is 5.15. The van der Waals surface area contributed by atoms with Crippen molar-refractivity contribution < 1.29 is 28.4 Å². The Bertz CT molecular complexity index is 665. The number of carbonyl (C=O) groups is 1. The Morgan fingerprint density at radius 3 is 1.94 bits per heavy atom. The van der Waals surface area contributed by atoms with Gasteiger partial charge < -0.3 is 25.6 Å². The highest BCUT2D eigenvalue weighted by atomic mass is 31.2. The number of nitrogens with one attached hydrogen (secondary N) is 1. The summed E-state index contributed by atoms with van der Waals surface area (Å²) in [6.07, 6.45) is 15.6. The Hall–Kier alpha value is -1.44. The number of ether oxygens (including phenoxy) is 1. The maximum absolute atomic E-state index is 11.9. The molecule has 1 unspecified atom stereocenters. The average molecular weight is 473 g/mol. The van der Waals surface area contributed by atoms with Crippen molar-refractivity contribution in [2.45, 2.75) is 90.0 Å². The minimum Gasteiger partial charge on any atom is -0.494 e. The summed E-state index contributed by atoms with van der Waals surface area (Å²) in [6.45, 7) is 2.34. The molecule has 9 heteroatoms. The SMILES string of the molecule is CCCCCCCCCCCCCCOc1ccc(NC(=O)C(N)COP(=O)(O)O)cc1. The van der Waals surface area contributed by atoms with Gasteiger partial charge in [0.05, 0.1) is 13.2 Å². The fourth-order valence-electron chi connectivity index (χ4n) is 3.26. The number of hydrogen-bond acceptors (Lipinski definition) is 5. The van der Waals surface area contributed by atoms with E-state index in [1.54, 1.807) is 24.3 Å². The highest BCUT2D eigenvalue weighted by Gasteiger charge is 2.20. The summed E-state index contributed by atoms with van der Waals surface area (Å²) in [5, 5.41) is 2.57. The number of rotatable bonds is 19. The van der Waals surface area contributed by atoms with Gasteiger partial charge in [-0.3, -0.25) is 9.32 Å². The first-order chi connectivity index (χ1) is 15.3. The maximum Gasteiger partial charge on any atom is 0.469 e. The lowest BCUT2D eigenvalue weighted by atomic mass is 10.1. The van der Waals surface area contributed by atoms with E-state index in [4.69, 9.17) is 20.3 Å². The number of phosphoric ester groups is 1. The number of amides is 1. The summed E-state index contributed by atoms with van der Waals surface area (Å²) in [7, 11) is -4.65. The predicted molar refractivity (Wildman–Crippen MR) is 128 cm³/mol. The van der Waals surface area contributed by atoms with Crippen molar-refractivity contribution in [2.75, 3.05) is 18.5 Å². The monoisotopic (exact) mass is 472 g/mol. The highest BCUT2D eigenvalue weighted by molar-refractivity contribution is 7.46. The Labute approximate surface area is 192 Å². The summed E-state index contributed by atoms with van der Waals surface area (Å²) in [5.41, 5.74) is 6.07. The van der Waals surface area contributed by atoms with Crippen LogP contribution in [-0.2, 0) is 13.9 Å². The molecule has 1 rings (SSSR count). The van der Waals surface area contributed by atoms with Crippen LogP contribution in [0.15, 0.2) is 24.3 Å². The molecule has 5 N–H and O–H groups in total. The van der Waals surface area contributed by atoms with Crippen molar-refractivity contribution in [3.8, 4) is 5.75 Å².